The van der Waals surface area contributed by atoms with Crippen LogP contribution in [0.3, 0.4) is 0 Å². The van der Waals surface area contributed by atoms with Crippen LogP contribution in [0.1, 0.15) is 52.2 Å². The van der Waals surface area contributed by atoms with Gasteiger partial charge in [-0.25, -0.2) is 14.2 Å². The van der Waals surface area contributed by atoms with Crippen molar-refractivity contribution < 1.29 is 23.8 Å². The van der Waals surface area contributed by atoms with E-state index in [4.69, 9.17) is 26.8 Å². The summed E-state index contributed by atoms with van der Waals surface area (Å²) in [6.07, 6.45) is 4.96. The number of carbonyl (C=O) groups excluding carboxylic acids is 1. The number of anilines is 1. The molecule has 1 fully saturated rings. The fourth-order valence-electron chi connectivity index (χ4n) is 4.28. The highest BCUT2D eigenvalue weighted by atomic mass is 35.5. The molecule has 38 heavy (non-hydrogen) atoms. The van der Waals surface area contributed by atoms with E-state index in [1.54, 1.807) is 35.0 Å². The third kappa shape index (κ3) is 6.73. The van der Waals surface area contributed by atoms with E-state index in [0.29, 0.717) is 47.8 Å². The standard InChI is InChI=1S/C27H33ClFN5O4/c1-17(21-12-20(29)5-6-22(21)28)37-23-11-18(13-31-24(23)30)19-14-32-34(15-19)16-27(36)7-9-33(10-8-27)25(35)38-26(2,3)4/h5-6,11-15,17,36H,7-10,16H2,1-4H3,(H2,30,31). The minimum Gasteiger partial charge on any atom is -0.482 e. The van der Waals surface area contributed by atoms with Crippen molar-refractivity contribution in [1.82, 2.24) is 19.7 Å². The second kappa shape index (κ2) is 10.8. The molecule has 1 aromatic carbocycles. The number of rotatable bonds is 6. The van der Waals surface area contributed by atoms with Crippen molar-refractivity contribution in [3.8, 4) is 16.9 Å². The molecule has 0 bridgehead atoms. The smallest absolute Gasteiger partial charge is 0.410 e. The molecular weight excluding hydrogens is 513 g/mol. The van der Waals surface area contributed by atoms with E-state index in [1.165, 1.54) is 18.2 Å². The zero-order valence-corrected chi connectivity index (χ0v) is 22.7. The summed E-state index contributed by atoms with van der Waals surface area (Å²) in [5.74, 6) is 0.104. The Morgan fingerprint density at radius 3 is 2.63 bits per heavy atom. The van der Waals surface area contributed by atoms with Crippen molar-refractivity contribution in [2.75, 3.05) is 18.8 Å². The lowest BCUT2D eigenvalue weighted by atomic mass is 9.91. The number of pyridine rings is 1. The molecule has 3 heterocycles. The molecule has 0 aliphatic carbocycles. The van der Waals surface area contributed by atoms with Gasteiger partial charge in [0.15, 0.2) is 11.6 Å². The molecule has 1 aliphatic heterocycles. The predicted molar refractivity (Wildman–Crippen MR) is 142 cm³/mol. The monoisotopic (exact) mass is 545 g/mol. The van der Waals surface area contributed by atoms with Crippen LogP contribution in [0.4, 0.5) is 15.0 Å². The van der Waals surface area contributed by atoms with E-state index < -0.39 is 23.1 Å². The van der Waals surface area contributed by atoms with E-state index in [9.17, 15) is 14.3 Å². The number of piperidine rings is 1. The molecule has 1 atom stereocenters. The van der Waals surface area contributed by atoms with Gasteiger partial charge < -0.3 is 25.2 Å². The molecule has 204 valence electrons. The first-order valence-electron chi connectivity index (χ1n) is 12.4. The van der Waals surface area contributed by atoms with Gasteiger partial charge in [-0.1, -0.05) is 11.6 Å². The number of benzene rings is 1. The van der Waals surface area contributed by atoms with Crippen molar-refractivity contribution in [3.63, 3.8) is 0 Å². The van der Waals surface area contributed by atoms with Gasteiger partial charge in [0.25, 0.3) is 0 Å². The van der Waals surface area contributed by atoms with E-state index >= 15 is 0 Å². The van der Waals surface area contributed by atoms with Gasteiger partial charge in [-0.05, 0) is 64.8 Å². The van der Waals surface area contributed by atoms with Crippen LogP contribution in [-0.4, -0.2) is 55.2 Å². The van der Waals surface area contributed by atoms with Crippen LogP contribution in [0.15, 0.2) is 42.9 Å². The summed E-state index contributed by atoms with van der Waals surface area (Å²) in [6, 6.07) is 5.83. The molecule has 1 amide bonds. The van der Waals surface area contributed by atoms with Gasteiger partial charge in [0.2, 0.25) is 0 Å². The van der Waals surface area contributed by atoms with Crippen LogP contribution < -0.4 is 10.5 Å². The average molecular weight is 546 g/mol. The molecule has 11 heteroatoms. The third-order valence-corrected chi connectivity index (χ3v) is 6.69. The lowest BCUT2D eigenvalue weighted by Gasteiger charge is -2.38. The zero-order valence-electron chi connectivity index (χ0n) is 21.9. The van der Waals surface area contributed by atoms with Crippen LogP contribution in [-0.2, 0) is 11.3 Å². The zero-order chi connectivity index (χ0) is 27.7. The topological polar surface area (TPSA) is 116 Å². The molecule has 3 aromatic rings. The normalized spacial score (nSPS) is 16.2. The summed E-state index contributed by atoms with van der Waals surface area (Å²) >= 11 is 6.22. The Balaban J connectivity index is 1.42. The van der Waals surface area contributed by atoms with Crippen molar-refractivity contribution in [3.05, 3.63) is 59.3 Å². The molecular formula is C27H33ClFN5O4. The second-order valence-corrected chi connectivity index (χ2v) is 11.1. The third-order valence-electron chi connectivity index (χ3n) is 6.35. The number of likely N-dealkylation sites (tertiary alicyclic amines) is 1. The van der Waals surface area contributed by atoms with Crippen LogP contribution in [0, 0.1) is 5.82 Å². The molecule has 3 N–H and O–H groups in total. The van der Waals surface area contributed by atoms with Crippen molar-refractivity contribution in [1.29, 1.82) is 0 Å². The van der Waals surface area contributed by atoms with Gasteiger partial charge in [-0.3, -0.25) is 4.68 Å². The number of halogens is 2. The van der Waals surface area contributed by atoms with Gasteiger partial charge in [-0.15, -0.1) is 0 Å². The number of aliphatic hydroxyl groups is 1. The Morgan fingerprint density at radius 2 is 1.95 bits per heavy atom. The molecule has 0 spiro atoms. The van der Waals surface area contributed by atoms with Crippen molar-refractivity contribution in [2.24, 2.45) is 0 Å². The summed E-state index contributed by atoms with van der Waals surface area (Å²) < 4.78 is 26.8. The number of hydrogen-bond donors (Lipinski definition) is 2. The number of ether oxygens (including phenoxy) is 2. The number of carbonyl (C=O) groups is 1. The molecule has 1 unspecified atom stereocenters. The Labute approximate surface area is 226 Å². The number of nitrogen functional groups attached to an aromatic ring is 1. The summed E-state index contributed by atoms with van der Waals surface area (Å²) in [4.78, 5) is 18.2. The first kappa shape index (κ1) is 27.7. The number of aromatic nitrogens is 3. The number of nitrogens with two attached hydrogens (primary N) is 1. The Morgan fingerprint density at radius 1 is 1.24 bits per heavy atom. The SMILES string of the molecule is CC(Oc1cc(-c2cnn(CC3(O)CCN(C(=O)OC(C)(C)C)CC3)c2)cnc1N)c1cc(F)ccc1Cl. The fourth-order valence-corrected chi connectivity index (χ4v) is 4.55. The summed E-state index contributed by atoms with van der Waals surface area (Å²) in [7, 11) is 0. The average Bonchev–Trinajstić information content (AvgIpc) is 3.29. The molecule has 1 saturated heterocycles. The first-order chi connectivity index (χ1) is 17.8. The number of nitrogens with zero attached hydrogens (tertiary/aromatic N) is 4. The Kier molecular flexibility index (Phi) is 7.85. The minimum absolute atomic E-state index is 0.187. The quantitative estimate of drug-likeness (QED) is 0.436. The van der Waals surface area contributed by atoms with Gasteiger partial charge in [0, 0.05) is 47.2 Å². The largest absolute Gasteiger partial charge is 0.482 e. The molecule has 9 nitrogen and oxygen atoms in total. The predicted octanol–water partition coefficient (Wildman–Crippen LogP) is 5.22. The minimum atomic E-state index is -1.00. The van der Waals surface area contributed by atoms with Crippen LogP contribution in [0.5, 0.6) is 5.75 Å². The van der Waals surface area contributed by atoms with Crippen molar-refractivity contribution in [2.45, 2.75) is 64.4 Å². The van der Waals surface area contributed by atoms with Crippen LogP contribution in [0.2, 0.25) is 5.02 Å². The highest BCUT2D eigenvalue weighted by molar-refractivity contribution is 6.31. The lowest BCUT2D eigenvalue weighted by Crippen LogP contribution is -2.49. The van der Waals surface area contributed by atoms with Crippen molar-refractivity contribution >= 4 is 23.5 Å². The summed E-state index contributed by atoms with van der Waals surface area (Å²) in [5.41, 5.74) is 6.44. The molecule has 0 saturated carbocycles. The molecule has 0 radical (unpaired) electrons. The van der Waals surface area contributed by atoms with Gasteiger partial charge >= 0.3 is 6.09 Å². The molecule has 2 aromatic heterocycles. The Hall–Kier alpha value is -3.37. The van der Waals surface area contributed by atoms with E-state index in [-0.39, 0.29) is 18.5 Å². The van der Waals surface area contributed by atoms with Gasteiger partial charge in [0.1, 0.15) is 17.5 Å². The maximum absolute atomic E-state index is 13.7. The highest BCUT2D eigenvalue weighted by Crippen LogP contribution is 2.33. The van der Waals surface area contributed by atoms with E-state index in [2.05, 4.69) is 10.1 Å². The summed E-state index contributed by atoms with van der Waals surface area (Å²) in [6.45, 7) is 8.30. The number of amides is 1. The first-order valence-corrected chi connectivity index (χ1v) is 12.8. The molecule has 1 aliphatic rings. The Bertz CT molecular complexity index is 1300. The highest BCUT2D eigenvalue weighted by Gasteiger charge is 2.36. The van der Waals surface area contributed by atoms with Crippen LogP contribution >= 0.6 is 11.6 Å². The fraction of sp³-hybridized carbons (Fsp3) is 0.444. The van der Waals surface area contributed by atoms with Gasteiger partial charge in [-0.2, -0.15) is 5.10 Å². The van der Waals surface area contributed by atoms with E-state index in [0.717, 1.165) is 5.56 Å². The maximum atomic E-state index is 13.7. The summed E-state index contributed by atoms with van der Waals surface area (Å²) in [5, 5.41) is 15.9. The van der Waals surface area contributed by atoms with E-state index in [1.807, 2.05) is 27.0 Å². The van der Waals surface area contributed by atoms with Crippen LogP contribution in [0.25, 0.3) is 11.1 Å². The number of hydrogen-bond acceptors (Lipinski definition) is 7. The second-order valence-electron chi connectivity index (χ2n) is 10.7. The maximum Gasteiger partial charge on any atom is 0.410 e. The molecule has 4 rings (SSSR count). The lowest BCUT2D eigenvalue weighted by molar-refractivity contribution is -0.0431. The van der Waals surface area contributed by atoms with Gasteiger partial charge in [0.05, 0.1) is 18.3 Å².